The van der Waals surface area contributed by atoms with Crippen LogP contribution >= 0.6 is 23.1 Å². The fraction of sp³-hybridized carbons (Fsp3) is 0.250. The smallest absolute Gasteiger partial charge is 0.348 e. The lowest BCUT2D eigenvalue weighted by atomic mass is 10.1. The number of thiophene rings is 1. The number of anilines is 1. The van der Waals surface area contributed by atoms with Crippen molar-refractivity contribution < 1.29 is 28.2 Å². The number of methoxy groups -OCH3 is 2. The quantitative estimate of drug-likeness (QED) is 0.407. The molecule has 0 atom stereocenters. The number of aromatic nitrogens is 3. The number of nitrogens with zero attached hydrogens (tertiary/aromatic N) is 3. The van der Waals surface area contributed by atoms with E-state index in [1.165, 1.54) is 26.4 Å². The zero-order valence-corrected chi connectivity index (χ0v) is 19.2. The highest BCUT2D eigenvalue weighted by Gasteiger charge is 2.27. The largest absolute Gasteiger partial charge is 0.465 e. The summed E-state index contributed by atoms with van der Waals surface area (Å²) in [5, 5.41) is 11.5. The summed E-state index contributed by atoms with van der Waals surface area (Å²) >= 11 is 2.07. The fourth-order valence-corrected chi connectivity index (χ4v) is 4.66. The maximum absolute atomic E-state index is 13.1. The average Bonchev–Trinajstić information content (AvgIpc) is 3.31. The molecule has 0 radical (unpaired) electrons. The number of thioether (sulfide) groups is 1. The number of halogens is 1. The maximum atomic E-state index is 13.1. The van der Waals surface area contributed by atoms with Crippen molar-refractivity contribution in [3.8, 4) is 11.4 Å². The fourth-order valence-electron chi connectivity index (χ4n) is 2.82. The molecule has 0 saturated heterocycles. The maximum Gasteiger partial charge on any atom is 0.348 e. The van der Waals surface area contributed by atoms with Gasteiger partial charge in [0.05, 0.1) is 25.5 Å². The molecule has 1 amide bonds. The third-order valence-electron chi connectivity index (χ3n) is 4.43. The predicted octanol–water partition coefficient (Wildman–Crippen LogP) is 3.30. The Morgan fingerprint density at radius 2 is 1.78 bits per heavy atom. The molecule has 0 fully saturated rings. The van der Waals surface area contributed by atoms with Crippen LogP contribution in [0.25, 0.3) is 11.4 Å². The topological polar surface area (TPSA) is 112 Å². The van der Waals surface area contributed by atoms with Crippen molar-refractivity contribution in [3.63, 3.8) is 0 Å². The van der Waals surface area contributed by atoms with Crippen LogP contribution in [-0.2, 0) is 21.3 Å². The van der Waals surface area contributed by atoms with E-state index in [-0.39, 0.29) is 27.0 Å². The van der Waals surface area contributed by atoms with E-state index in [1.54, 1.807) is 30.7 Å². The molecule has 32 heavy (non-hydrogen) atoms. The Bertz CT molecular complexity index is 1170. The van der Waals surface area contributed by atoms with Crippen molar-refractivity contribution in [1.82, 2.24) is 14.8 Å². The minimum absolute atomic E-state index is 0.0273. The van der Waals surface area contributed by atoms with E-state index in [0.29, 0.717) is 22.1 Å². The second-order valence-corrected chi connectivity index (χ2v) is 8.42. The molecule has 3 rings (SSSR count). The lowest BCUT2D eigenvalue weighted by Crippen LogP contribution is -2.16. The van der Waals surface area contributed by atoms with Gasteiger partial charge in [0, 0.05) is 12.6 Å². The number of carbonyl (C=O) groups is 3. The first kappa shape index (κ1) is 23.4. The summed E-state index contributed by atoms with van der Waals surface area (Å²) in [6.07, 6.45) is 0. The molecule has 0 aliphatic carbocycles. The van der Waals surface area contributed by atoms with Gasteiger partial charge in [0.15, 0.2) is 11.0 Å². The predicted molar refractivity (Wildman–Crippen MR) is 117 cm³/mol. The molecule has 0 saturated carbocycles. The molecule has 0 aliphatic heterocycles. The van der Waals surface area contributed by atoms with Gasteiger partial charge in [-0.25, -0.2) is 14.0 Å². The van der Waals surface area contributed by atoms with E-state index in [2.05, 4.69) is 15.5 Å². The van der Waals surface area contributed by atoms with Crippen LogP contribution in [-0.4, -0.2) is 52.6 Å². The van der Waals surface area contributed by atoms with Gasteiger partial charge in [-0.15, -0.1) is 21.5 Å². The number of esters is 2. The van der Waals surface area contributed by atoms with Gasteiger partial charge in [0.1, 0.15) is 15.7 Å². The van der Waals surface area contributed by atoms with Crippen molar-refractivity contribution in [2.75, 3.05) is 25.3 Å². The Kier molecular flexibility index (Phi) is 7.26. The minimum atomic E-state index is -0.672. The third-order valence-corrected chi connectivity index (χ3v) is 6.64. The normalized spacial score (nSPS) is 10.7. The lowest BCUT2D eigenvalue weighted by molar-refractivity contribution is -0.113. The first-order valence-electron chi connectivity index (χ1n) is 9.14. The van der Waals surface area contributed by atoms with Gasteiger partial charge in [-0.1, -0.05) is 11.8 Å². The molecule has 2 heterocycles. The van der Waals surface area contributed by atoms with E-state index in [1.807, 2.05) is 0 Å². The van der Waals surface area contributed by atoms with Crippen LogP contribution in [0, 0.1) is 12.7 Å². The Balaban J connectivity index is 1.74. The van der Waals surface area contributed by atoms with Crippen LogP contribution in [0.5, 0.6) is 0 Å². The number of ether oxygens (including phenoxy) is 2. The summed E-state index contributed by atoms with van der Waals surface area (Å²) < 4.78 is 24.3. The number of rotatable bonds is 7. The second-order valence-electron chi connectivity index (χ2n) is 6.45. The SMILES string of the molecule is COC(=O)c1sc(NC(=O)CSc2nnc(-c3ccc(F)cc3)n2C)c(C(=O)OC)c1C. The standard InChI is InChI=1S/C20H19FN4O5S2/c1-10-14(18(27)29-3)17(32-15(10)19(28)30-4)22-13(26)9-31-20-24-23-16(25(20)2)11-5-7-12(21)8-6-11/h5-8H,9H2,1-4H3,(H,22,26). The molecule has 168 valence electrons. The average molecular weight is 479 g/mol. The summed E-state index contributed by atoms with van der Waals surface area (Å²) in [7, 11) is 4.18. The molecule has 0 unspecified atom stereocenters. The van der Waals surface area contributed by atoms with Gasteiger partial charge < -0.3 is 19.4 Å². The highest BCUT2D eigenvalue weighted by molar-refractivity contribution is 7.99. The number of hydrogen-bond donors (Lipinski definition) is 1. The van der Waals surface area contributed by atoms with Crippen LogP contribution in [0.1, 0.15) is 25.6 Å². The van der Waals surface area contributed by atoms with Crippen LogP contribution in [0.4, 0.5) is 9.39 Å². The number of hydrogen-bond acceptors (Lipinski definition) is 9. The van der Waals surface area contributed by atoms with Crippen LogP contribution in [0.2, 0.25) is 0 Å². The van der Waals surface area contributed by atoms with E-state index >= 15 is 0 Å². The van der Waals surface area contributed by atoms with Crippen LogP contribution in [0.3, 0.4) is 0 Å². The zero-order valence-electron chi connectivity index (χ0n) is 17.6. The van der Waals surface area contributed by atoms with Crippen molar-refractivity contribution in [3.05, 3.63) is 46.1 Å². The number of nitrogens with one attached hydrogen (secondary N) is 1. The van der Waals surface area contributed by atoms with Crippen LogP contribution in [0.15, 0.2) is 29.4 Å². The zero-order chi connectivity index (χ0) is 23.4. The number of carbonyl (C=O) groups excluding carboxylic acids is 3. The molecule has 3 aromatic rings. The molecule has 0 spiro atoms. The molecule has 9 nitrogen and oxygen atoms in total. The van der Waals surface area contributed by atoms with E-state index in [0.717, 1.165) is 23.1 Å². The molecule has 1 aromatic carbocycles. The van der Waals surface area contributed by atoms with Crippen molar-refractivity contribution in [2.45, 2.75) is 12.1 Å². The molecule has 1 N–H and O–H groups in total. The van der Waals surface area contributed by atoms with Crippen molar-refractivity contribution in [2.24, 2.45) is 7.05 Å². The van der Waals surface area contributed by atoms with E-state index in [9.17, 15) is 18.8 Å². The molecule has 0 bridgehead atoms. The Morgan fingerprint density at radius 3 is 2.41 bits per heavy atom. The van der Waals surface area contributed by atoms with E-state index < -0.39 is 17.8 Å². The van der Waals surface area contributed by atoms with Crippen LogP contribution < -0.4 is 5.32 Å². The Hall–Kier alpha value is -3.25. The summed E-state index contributed by atoms with van der Waals surface area (Å²) in [4.78, 5) is 36.9. The van der Waals surface area contributed by atoms with Gasteiger partial charge >= 0.3 is 11.9 Å². The van der Waals surface area contributed by atoms with Gasteiger partial charge in [0.2, 0.25) is 5.91 Å². The van der Waals surface area contributed by atoms with Gasteiger partial charge in [0.25, 0.3) is 0 Å². The minimum Gasteiger partial charge on any atom is -0.465 e. The summed E-state index contributed by atoms with van der Waals surface area (Å²) in [5.74, 6) is -1.55. The summed E-state index contributed by atoms with van der Waals surface area (Å²) in [6.45, 7) is 1.58. The molecule has 2 aromatic heterocycles. The first-order valence-corrected chi connectivity index (χ1v) is 10.9. The van der Waals surface area contributed by atoms with Gasteiger partial charge in [-0.3, -0.25) is 4.79 Å². The lowest BCUT2D eigenvalue weighted by Gasteiger charge is -2.06. The molecule has 12 heteroatoms. The Labute approximate surface area is 190 Å². The third kappa shape index (κ3) is 4.81. The highest BCUT2D eigenvalue weighted by atomic mass is 32.2. The van der Waals surface area contributed by atoms with Crippen molar-refractivity contribution in [1.29, 1.82) is 0 Å². The highest BCUT2D eigenvalue weighted by Crippen LogP contribution is 2.34. The monoisotopic (exact) mass is 478 g/mol. The molecular weight excluding hydrogens is 459 g/mol. The first-order chi connectivity index (χ1) is 15.3. The summed E-state index contributed by atoms with van der Waals surface area (Å²) in [6, 6.07) is 5.84. The molecular formula is C20H19FN4O5S2. The summed E-state index contributed by atoms with van der Waals surface area (Å²) in [5.41, 5.74) is 1.16. The van der Waals surface area contributed by atoms with Gasteiger partial charge in [-0.05, 0) is 36.8 Å². The number of amides is 1. The number of benzene rings is 1. The second kappa shape index (κ2) is 9.92. The van der Waals surface area contributed by atoms with E-state index in [4.69, 9.17) is 9.47 Å². The van der Waals surface area contributed by atoms with Crippen molar-refractivity contribution >= 4 is 45.9 Å². The molecule has 0 aliphatic rings. The Morgan fingerprint density at radius 1 is 1.12 bits per heavy atom. The van der Waals surface area contributed by atoms with Gasteiger partial charge in [-0.2, -0.15) is 0 Å².